The van der Waals surface area contributed by atoms with E-state index in [2.05, 4.69) is 83.4 Å². The third kappa shape index (κ3) is 3.11. The molecule has 7 aromatic carbocycles. The van der Waals surface area contributed by atoms with Crippen LogP contribution in [0.15, 0.2) is 139 Å². The van der Waals surface area contributed by atoms with Gasteiger partial charge in [-0.05, 0) is 86.3 Å². The van der Waals surface area contributed by atoms with Gasteiger partial charge in [0.2, 0.25) is 0 Å². The van der Waals surface area contributed by atoms with Crippen molar-refractivity contribution in [3.63, 3.8) is 0 Å². The summed E-state index contributed by atoms with van der Waals surface area (Å²) in [5.41, 5.74) is 6.03. The quantitative estimate of drug-likeness (QED) is 0.225. The monoisotopic (exact) mass is 474 g/mol. The van der Waals surface area contributed by atoms with E-state index < -0.39 is 0 Å². The first-order valence-electron chi connectivity index (χ1n) is 14.9. The molecule has 1 nitrogen and oxygen atoms in total. The highest BCUT2D eigenvalue weighted by Crippen LogP contribution is 2.43. The first-order valence-corrected chi connectivity index (χ1v) is 12.4. The summed E-state index contributed by atoms with van der Waals surface area (Å²) >= 11 is 0. The number of rotatable bonds is 3. The van der Waals surface area contributed by atoms with Crippen molar-refractivity contribution in [2.45, 2.75) is 0 Å². The first kappa shape index (κ1) is 16.0. The fraction of sp³-hybridized carbons (Fsp3) is 0. The van der Waals surface area contributed by atoms with Gasteiger partial charge in [-0.2, -0.15) is 0 Å². The number of para-hydroxylation sites is 1. The Kier molecular flexibility index (Phi) is 3.37. The van der Waals surface area contributed by atoms with Crippen molar-refractivity contribution in [3.05, 3.63) is 139 Å². The normalized spacial score (nSPS) is 13.7. The lowest BCUT2D eigenvalue weighted by Gasteiger charge is -2.10. The molecule has 0 fully saturated rings. The van der Waals surface area contributed by atoms with Crippen molar-refractivity contribution < 1.29 is 6.85 Å². The summed E-state index contributed by atoms with van der Waals surface area (Å²) < 4.78 is 44.0. The van der Waals surface area contributed by atoms with Crippen LogP contribution in [0.1, 0.15) is 6.85 Å². The predicted molar refractivity (Wildman–Crippen MR) is 158 cm³/mol. The van der Waals surface area contributed by atoms with Crippen LogP contribution < -0.4 is 0 Å². The average Bonchev–Trinajstić information content (AvgIpc) is 3.36. The molecule has 0 N–H and O–H groups in total. The van der Waals surface area contributed by atoms with E-state index in [1.807, 2.05) is 30.3 Å². The van der Waals surface area contributed by atoms with Crippen LogP contribution in [0.4, 0.5) is 0 Å². The summed E-state index contributed by atoms with van der Waals surface area (Å²) in [6.45, 7) is 0. The third-order valence-corrected chi connectivity index (χ3v) is 7.36. The van der Waals surface area contributed by atoms with Gasteiger partial charge in [0.1, 0.15) is 0 Å². The molecule has 8 aromatic rings. The predicted octanol–water partition coefficient (Wildman–Crippen LogP) is 9.86. The Labute approximate surface area is 222 Å². The molecular formula is C36H23N. The Morgan fingerprint density at radius 3 is 1.70 bits per heavy atom. The van der Waals surface area contributed by atoms with Crippen LogP contribution in [0, 0.1) is 0 Å². The van der Waals surface area contributed by atoms with Gasteiger partial charge in [0.05, 0.1) is 17.9 Å². The topological polar surface area (TPSA) is 4.93 Å². The van der Waals surface area contributed by atoms with E-state index in [0.29, 0.717) is 5.56 Å². The number of benzene rings is 7. The number of aromatic nitrogens is 1. The highest BCUT2D eigenvalue weighted by Gasteiger charge is 2.19. The van der Waals surface area contributed by atoms with Gasteiger partial charge >= 0.3 is 0 Å². The van der Waals surface area contributed by atoms with Crippen LogP contribution in [0.3, 0.4) is 0 Å². The van der Waals surface area contributed by atoms with Gasteiger partial charge in [0.15, 0.2) is 0 Å². The molecule has 172 valence electrons. The Balaban J connectivity index is 1.48. The van der Waals surface area contributed by atoms with E-state index >= 15 is 0 Å². The number of hydrogen-bond donors (Lipinski definition) is 0. The smallest absolute Gasteiger partial charge is 0.0629 e. The summed E-state index contributed by atoms with van der Waals surface area (Å²) in [6, 6.07) is 36.2. The van der Waals surface area contributed by atoms with Crippen LogP contribution in [0.25, 0.3) is 71.3 Å². The maximum absolute atomic E-state index is 8.63. The van der Waals surface area contributed by atoms with Crippen LogP contribution >= 0.6 is 0 Å². The van der Waals surface area contributed by atoms with Crippen molar-refractivity contribution in [3.8, 4) is 27.9 Å². The van der Waals surface area contributed by atoms with Crippen LogP contribution in [-0.2, 0) is 0 Å². The summed E-state index contributed by atoms with van der Waals surface area (Å²) in [5.74, 6) is 0. The summed E-state index contributed by atoms with van der Waals surface area (Å²) in [6.07, 6.45) is 0. The third-order valence-electron chi connectivity index (χ3n) is 7.36. The molecular weight excluding hydrogens is 446 g/mol. The zero-order valence-corrected chi connectivity index (χ0v) is 19.8. The molecule has 1 heteroatoms. The summed E-state index contributed by atoms with van der Waals surface area (Å²) in [4.78, 5) is 0. The fourth-order valence-electron chi connectivity index (χ4n) is 5.70. The number of fused-ring (bicyclic) bond motifs is 1. The van der Waals surface area contributed by atoms with Crippen LogP contribution in [0.5, 0.6) is 0 Å². The Morgan fingerprint density at radius 2 is 1.00 bits per heavy atom. The fourth-order valence-corrected chi connectivity index (χ4v) is 5.70. The molecule has 0 saturated carbocycles. The zero-order chi connectivity index (χ0) is 28.7. The zero-order valence-electron chi connectivity index (χ0n) is 24.8. The minimum Gasteiger partial charge on any atom is -0.309 e. The molecule has 1 heterocycles. The second kappa shape index (κ2) is 7.81. The van der Waals surface area contributed by atoms with Gasteiger partial charge in [-0.15, -0.1) is 0 Å². The molecule has 0 amide bonds. The molecule has 1 aromatic heterocycles. The van der Waals surface area contributed by atoms with Gasteiger partial charge in [-0.25, -0.2) is 0 Å². The van der Waals surface area contributed by atoms with Crippen molar-refractivity contribution in [2.24, 2.45) is 0 Å². The SMILES string of the molecule is [2H]c1c([2H])c([2H])c(-c2cc3ccc4cc(-c5ccc6ccccc6c5)cc5c4c3c(c2)n5-c2ccccc2)c([2H])c1[2H]. The molecule has 0 spiro atoms. The molecule has 37 heavy (non-hydrogen) atoms. The van der Waals surface area contributed by atoms with E-state index in [1.165, 1.54) is 10.8 Å². The van der Waals surface area contributed by atoms with E-state index in [-0.39, 0.29) is 35.8 Å². The standard InChI is InChI=1S/C36H23N/c1-3-9-24(10-4-1)30-20-28-17-18-29-21-31(27-16-15-25-11-7-8-12-26(25)19-27)23-34-36(29)35(28)33(22-30)37(34)32-13-5-2-6-14-32/h1-23H/i1D,3D,4D,9D,10D. The Hall–Kier alpha value is -4.88. The molecule has 8 rings (SSSR count). The molecule has 0 aliphatic carbocycles. The van der Waals surface area contributed by atoms with E-state index in [9.17, 15) is 0 Å². The Morgan fingerprint density at radius 1 is 0.432 bits per heavy atom. The van der Waals surface area contributed by atoms with Gasteiger partial charge in [-0.1, -0.05) is 96.9 Å². The van der Waals surface area contributed by atoms with Crippen molar-refractivity contribution in [1.82, 2.24) is 4.57 Å². The molecule has 0 unspecified atom stereocenters. The molecule has 0 aliphatic rings. The lowest BCUT2D eigenvalue weighted by molar-refractivity contribution is 1.18. The molecule has 0 atom stereocenters. The summed E-state index contributed by atoms with van der Waals surface area (Å²) in [7, 11) is 0. The van der Waals surface area contributed by atoms with E-state index in [0.717, 1.165) is 49.4 Å². The highest BCUT2D eigenvalue weighted by atomic mass is 15.0. The van der Waals surface area contributed by atoms with Crippen molar-refractivity contribution >= 4 is 43.4 Å². The largest absolute Gasteiger partial charge is 0.309 e. The molecule has 0 aliphatic heterocycles. The second-order valence-electron chi connectivity index (χ2n) is 9.49. The molecule has 0 bridgehead atoms. The lowest BCUT2D eigenvalue weighted by Crippen LogP contribution is -1.94. The number of nitrogens with zero attached hydrogens (tertiary/aromatic N) is 1. The van der Waals surface area contributed by atoms with Gasteiger partial charge < -0.3 is 4.57 Å². The van der Waals surface area contributed by atoms with E-state index in [4.69, 9.17) is 6.85 Å². The van der Waals surface area contributed by atoms with Gasteiger partial charge in [-0.3, -0.25) is 0 Å². The number of hydrogen-bond acceptors (Lipinski definition) is 0. The first-order chi connectivity index (χ1) is 20.4. The maximum atomic E-state index is 8.63. The van der Waals surface area contributed by atoms with Crippen LogP contribution in [-0.4, -0.2) is 4.57 Å². The van der Waals surface area contributed by atoms with Gasteiger partial charge in [0.25, 0.3) is 0 Å². The molecule has 0 saturated heterocycles. The van der Waals surface area contributed by atoms with Gasteiger partial charge in [0, 0.05) is 16.5 Å². The van der Waals surface area contributed by atoms with E-state index in [1.54, 1.807) is 0 Å². The van der Waals surface area contributed by atoms with Crippen molar-refractivity contribution in [1.29, 1.82) is 0 Å². The molecule has 0 radical (unpaired) electrons. The average molecular weight is 475 g/mol. The minimum atomic E-state index is -0.389. The van der Waals surface area contributed by atoms with Crippen LogP contribution in [0.2, 0.25) is 0 Å². The minimum absolute atomic E-state index is 0.200. The Bertz CT molecular complexity index is 2330. The summed E-state index contributed by atoms with van der Waals surface area (Å²) in [5, 5.41) is 6.70. The lowest BCUT2D eigenvalue weighted by atomic mass is 9.94. The highest BCUT2D eigenvalue weighted by molar-refractivity contribution is 6.25. The van der Waals surface area contributed by atoms with Crippen molar-refractivity contribution in [2.75, 3.05) is 0 Å². The second-order valence-corrected chi connectivity index (χ2v) is 9.49. The maximum Gasteiger partial charge on any atom is 0.0629 e.